The number of carbonyl (C=O) groups is 2. The topological polar surface area (TPSA) is 64.6 Å². The fourth-order valence-electron chi connectivity index (χ4n) is 2.58. The third kappa shape index (κ3) is 6.78. The van der Waals surface area contributed by atoms with E-state index in [1.54, 1.807) is 0 Å². The van der Waals surface area contributed by atoms with Gasteiger partial charge in [0.25, 0.3) is 0 Å². The van der Waals surface area contributed by atoms with E-state index in [4.69, 9.17) is 4.74 Å². The molecule has 0 spiro atoms. The minimum atomic E-state index is -0.469. The van der Waals surface area contributed by atoms with Gasteiger partial charge in [-0.25, -0.2) is 4.79 Å². The molecule has 0 radical (unpaired) electrons. The summed E-state index contributed by atoms with van der Waals surface area (Å²) in [4.78, 5) is 22.9. The largest absolute Gasteiger partial charge is 0.469 e. The highest BCUT2D eigenvalue weighted by Gasteiger charge is 2.25. The normalized spacial score (nSPS) is 23.0. The number of hydrogen-bond acceptors (Lipinski definition) is 4. The standard InChI is InChI=1S/C15H27NO4/c1-15(2,3)20-14(18)16-12-7-5-6-11(10-12)8-9-13(17)19-4/h11-12H,5-10H2,1-4H3,(H,16,18). The van der Waals surface area contributed by atoms with Gasteiger partial charge in [0, 0.05) is 12.5 Å². The van der Waals surface area contributed by atoms with Crippen LogP contribution in [0.1, 0.15) is 59.3 Å². The van der Waals surface area contributed by atoms with Crippen LogP contribution >= 0.6 is 0 Å². The van der Waals surface area contributed by atoms with E-state index in [9.17, 15) is 9.59 Å². The molecule has 1 saturated carbocycles. The molecule has 5 heteroatoms. The summed E-state index contributed by atoms with van der Waals surface area (Å²) in [5, 5.41) is 2.93. The first-order valence-electron chi connectivity index (χ1n) is 7.36. The summed E-state index contributed by atoms with van der Waals surface area (Å²) < 4.78 is 9.93. The van der Waals surface area contributed by atoms with Crippen LogP contribution < -0.4 is 5.32 Å². The van der Waals surface area contributed by atoms with E-state index in [1.165, 1.54) is 7.11 Å². The zero-order valence-corrected chi connectivity index (χ0v) is 13.0. The summed E-state index contributed by atoms with van der Waals surface area (Å²) in [5.74, 6) is 0.315. The minimum absolute atomic E-state index is 0.154. The fraction of sp³-hybridized carbons (Fsp3) is 0.867. The van der Waals surface area contributed by atoms with Crippen molar-refractivity contribution in [2.24, 2.45) is 5.92 Å². The average Bonchev–Trinajstić information content (AvgIpc) is 2.34. The molecule has 20 heavy (non-hydrogen) atoms. The summed E-state index contributed by atoms with van der Waals surface area (Å²) in [5.41, 5.74) is -0.469. The predicted molar refractivity (Wildman–Crippen MR) is 76.4 cm³/mol. The summed E-state index contributed by atoms with van der Waals surface area (Å²) in [6.45, 7) is 5.56. The summed E-state index contributed by atoms with van der Waals surface area (Å²) >= 11 is 0. The van der Waals surface area contributed by atoms with Gasteiger partial charge in [-0.3, -0.25) is 4.79 Å². The number of carbonyl (C=O) groups excluding carboxylic acids is 2. The maximum Gasteiger partial charge on any atom is 0.407 e. The Bertz CT molecular complexity index is 335. The van der Waals surface area contributed by atoms with Crippen LogP contribution in [0.25, 0.3) is 0 Å². The van der Waals surface area contributed by atoms with E-state index in [-0.39, 0.29) is 18.1 Å². The molecule has 0 bridgehead atoms. The molecule has 0 aromatic rings. The van der Waals surface area contributed by atoms with Crippen LogP contribution in [-0.4, -0.2) is 30.8 Å². The molecule has 1 aliphatic rings. The maximum atomic E-state index is 11.7. The van der Waals surface area contributed by atoms with Crippen molar-refractivity contribution in [2.75, 3.05) is 7.11 Å². The Labute approximate surface area is 121 Å². The van der Waals surface area contributed by atoms with Crippen molar-refractivity contribution in [3.63, 3.8) is 0 Å². The van der Waals surface area contributed by atoms with Crippen LogP contribution in [-0.2, 0) is 14.3 Å². The molecule has 1 N–H and O–H groups in total. The Kier molecular flexibility index (Phi) is 6.30. The zero-order valence-electron chi connectivity index (χ0n) is 13.0. The second-order valence-corrected chi connectivity index (χ2v) is 6.49. The number of alkyl carbamates (subject to hydrolysis) is 1. The first kappa shape index (κ1) is 16.8. The lowest BCUT2D eigenvalue weighted by atomic mass is 9.83. The summed E-state index contributed by atoms with van der Waals surface area (Å²) in [6.07, 6.45) is 5.02. The van der Waals surface area contributed by atoms with Gasteiger partial charge in [-0.1, -0.05) is 12.8 Å². The van der Waals surface area contributed by atoms with Gasteiger partial charge < -0.3 is 14.8 Å². The van der Waals surface area contributed by atoms with E-state index >= 15 is 0 Å². The molecule has 116 valence electrons. The molecule has 1 aliphatic carbocycles. The second-order valence-electron chi connectivity index (χ2n) is 6.49. The minimum Gasteiger partial charge on any atom is -0.469 e. The van der Waals surface area contributed by atoms with Crippen LogP contribution in [0.2, 0.25) is 0 Å². The Morgan fingerprint density at radius 2 is 1.95 bits per heavy atom. The Morgan fingerprint density at radius 3 is 2.55 bits per heavy atom. The first-order valence-corrected chi connectivity index (χ1v) is 7.36. The van der Waals surface area contributed by atoms with E-state index in [0.717, 1.165) is 32.1 Å². The number of rotatable bonds is 4. The van der Waals surface area contributed by atoms with E-state index in [1.807, 2.05) is 20.8 Å². The molecule has 1 amide bonds. The van der Waals surface area contributed by atoms with Crippen LogP contribution in [0.5, 0.6) is 0 Å². The van der Waals surface area contributed by atoms with Crippen molar-refractivity contribution >= 4 is 12.1 Å². The van der Waals surface area contributed by atoms with Gasteiger partial charge in [-0.15, -0.1) is 0 Å². The lowest BCUT2D eigenvalue weighted by molar-refractivity contribution is -0.141. The third-order valence-electron chi connectivity index (χ3n) is 3.49. The molecule has 1 rings (SSSR count). The van der Waals surface area contributed by atoms with E-state index in [2.05, 4.69) is 10.1 Å². The lowest BCUT2D eigenvalue weighted by Gasteiger charge is -2.30. The highest BCUT2D eigenvalue weighted by molar-refractivity contribution is 5.69. The van der Waals surface area contributed by atoms with Crippen molar-refractivity contribution in [1.82, 2.24) is 5.32 Å². The van der Waals surface area contributed by atoms with Gasteiger partial charge in [0.1, 0.15) is 5.60 Å². The number of amides is 1. The average molecular weight is 285 g/mol. The van der Waals surface area contributed by atoms with Crippen LogP contribution in [0.3, 0.4) is 0 Å². The predicted octanol–water partition coefficient (Wildman–Crippen LogP) is 3.02. The van der Waals surface area contributed by atoms with Crippen molar-refractivity contribution in [3.8, 4) is 0 Å². The van der Waals surface area contributed by atoms with Gasteiger partial charge in [0.2, 0.25) is 0 Å². The SMILES string of the molecule is COC(=O)CCC1CCCC(NC(=O)OC(C)(C)C)C1. The van der Waals surface area contributed by atoms with Gasteiger partial charge in [0.15, 0.2) is 0 Å². The molecule has 0 aliphatic heterocycles. The van der Waals surface area contributed by atoms with Gasteiger partial charge in [-0.2, -0.15) is 0 Å². The van der Waals surface area contributed by atoms with E-state index in [0.29, 0.717) is 12.3 Å². The molecule has 0 aromatic carbocycles. The molecule has 2 unspecified atom stereocenters. The number of ether oxygens (including phenoxy) is 2. The Balaban J connectivity index is 2.33. The number of esters is 1. The molecule has 2 atom stereocenters. The second kappa shape index (κ2) is 7.50. The first-order chi connectivity index (χ1) is 9.30. The smallest absolute Gasteiger partial charge is 0.407 e. The monoisotopic (exact) mass is 285 g/mol. The highest BCUT2D eigenvalue weighted by Crippen LogP contribution is 2.28. The molecular weight excluding hydrogens is 258 g/mol. The van der Waals surface area contributed by atoms with Crippen LogP contribution in [0.15, 0.2) is 0 Å². The molecule has 1 fully saturated rings. The van der Waals surface area contributed by atoms with Crippen molar-refractivity contribution in [3.05, 3.63) is 0 Å². The molecule has 5 nitrogen and oxygen atoms in total. The number of methoxy groups -OCH3 is 1. The zero-order chi connectivity index (χ0) is 15.2. The van der Waals surface area contributed by atoms with Gasteiger partial charge in [-0.05, 0) is 46.0 Å². The van der Waals surface area contributed by atoms with Crippen molar-refractivity contribution in [2.45, 2.75) is 70.9 Å². The summed E-state index contributed by atoms with van der Waals surface area (Å²) in [7, 11) is 1.41. The van der Waals surface area contributed by atoms with Crippen molar-refractivity contribution < 1.29 is 19.1 Å². The van der Waals surface area contributed by atoms with Gasteiger partial charge in [0.05, 0.1) is 7.11 Å². The number of nitrogens with one attached hydrogen (secondary N) is 1. The fourth-order valence-corrected chi connectivity index (χ4v) is 2.58. The molecular formula is C15H27NO4. The quantitative estimate of drug-likeness (QED) is 0.806. The van der Waals surface area contributed by atoms with Crippen LogP contribution in [0.4, 0.5) is 4.79 Å². The lowest BCUT2D eigenvalue weighted by Crippen LogP contribution is -2.41. The third-order valence-corrected chi connectivity index (χ3v) is 3.49. The maximum absolute atomic E-state index is 11.7. The molecule has 0 aromatic heterocycles. The summed E-state index contributed by atoms with van der Waals surface area (Å²) in [6, 6.07) is 0.154. The van der Waals surface area contributed by atoms with E-state index < -0.39 is 5.60 Å². The Hall–Kier alpha value is -1.26. The van der Waals surface area contributed by atoms with Crippen molar-refractivity contribution in [1.29, 1.82) is 0 Å². The number of hydrogen-bond donors (Lipinski definition) is 1. The molecule has 0 saturated heterocycles. The Morgan fingerprint density at radius 1 is 1.25 bits per heavy atom. The molecule has 0 heterocycles. The highest BCUT2D eigenvalue weighted by atomic mass is 16.6. The van der Waals surface area contributed by atoms with Crippen LogP contribution in [0, 0.1) is 5.92 Å². The van der Waals surface area contributed by atoms with Gasteiger partial charge >= 0.3 is 12.1 Å².